The SMILES string of the molecule is CCCc1nc(C#N)c(I)n1CC(C)C. The van der Waals surface area contributed by atoms with Gasteiger partial charge in [0.15, 0.2) is 5.69 Å². The molecule has 0 radical (unpaired) electrons. The highest BCUT2D eigenvalue weighted by Crippen LogP contribution is 2.17. The minimum atomic E-state index is 0.569. The highest BCUT2D eigenvalue weighted by molar-refractivity contribution is 14.1. The van der Waals surface area contributed by atoms with Crippen LogP contribution < -0.4 is 0 Å². The zero-order valence-corrected chi connectivity index (χ0v) is 11.6. The quantitative estimate of drug-likeness (QED) is 0.801. The van der Waals surface area contributed by atoms with Gasteiger partial charge in [0.1, 0.15) is 15.6 Å². The molecule has 0 unspecified atom stereocenters. The molecule has 4 heteroatoms. The summed E-state index contributed by atoms with van der Waals surface area (Å²) in [4.78, 5) is 4.37. The number of hydrogen-bond acceptors (Lipinski definition) is 2. The van der Waals surface area contributed by atoms with Crippen LogP contribution in [0.2, 0.25) is 0 Å². The van der Waals surface area contributed by atoms with Crippen molar-refractivity contribution in [2.75, 3.05) is 0 Å². The second-order valence-electron chi connectivity index (χ2n) is 4.03. The highest BCUT2D eigenvalue weighted by Gasteiger charge is 2.14. The van der Waals surface area contributed by atoms with Crippen molar-refractivity contribution in [2.45, 2.75) is 40.2 Å². The van der Waals surface area contributed by atoms with Crippen molar-refractivity contribution in [3.63, 3.8) is 0 Å². The van der Waals surface area contributed by atoms with Crippen LogP contribution in [-0.4, -0.2) is 9.55 Å². The molecule has 0 aliphatic heterocycles. The lowest BCUT2D eigenvalue weighted by atomic mass is 10.2. The number of halogens is 1. The van der Waals surface area contributed by atoms with Gasteiger partial charge in [-0.25, -0.2) is 4.98 Å². The van der Waals surface area contributed by atoms with Gasteiger partial charge in [-0.3, -0.25) is 0 Å². The summed E-state index contributed by atoms with van der Waals surface area (Å²) in [6, 6.07) is 2.15. The Labute approximate surface area is 105 Å². The molecule has 3 nitrogen and oxygen atoms in total. The largest absolute Gasteiger partial charge is 0.322 e. The van der Waals surface area contributed by atoms with E-state index in [-0.39, 0.29) is 0 Å². The average molecular weight is 317 g/mol. The molecular formula is C11H16IN3. The van der Waals surface area contributed by atoms with Crippen molar-refractivity contribution in [3.05, 3.63) is 15.2 Å². The second-order valence-corrected chi connectivity index (χ2v) is 5.06. The Morgan fingerprint density at radius 3 is 2.67 bits per heavy atom. The third-order valence-electron chi connectivity index (χ3n) is 2.11. The summed E-state index contributed by atoms with van der Waals surface area (Å²) in [5.74, 6) is 1.63. The number of imidazole rings is 1. The molecule has 0 spiro atoms. The Kier molecular flexibility index (Phi) is 4.58. The van der Waals surface area contributed by atoms with Crippen LogP contribution in [0, 0.1) is 20.9 Å². The van der Waals surface area contributed by atoms with Gasteiger partial charge in [0.25, 0.3) is 0 Å². The molecule has 0 saturated heterocycles. The predicted octanol–water partition coefficient (Wildman–Crippen LogP) is 2.97. The van der Waals surface area contributed by atoms with E-state index in [1.165, 1.54) is 0 Å². The Hall–Kier alpha value is -0.570. The molecule has 0 atom stereocenters. The van der Waals surface area contributed by atoms with Crippen LogP contribution in [0.5, 0.6) is 0 Å². The molecular weight excluding hydrogens is 301 g/mol. The number of nitrogens with zero attached hydrogens (tertiary/aromatic N) is 3. The molecule has 1 aromatic rings. The molecule has 0 bridgehead atoms. The summed E-state index contributed by atoms with van der Waals surface area (Å²) in [5, 5.41) is 8.93. The van der Waals surface area contributed by atoms with E-state index in [0.29, 0.717) is 11.6 Å². The Bertz CT molecular complexity index is 374. The van der Waals surface area contributed by atoms with Crippen molar-refractivity contribution in [1.82, 2.24) is 9.55 Å². The lowest BCUT2D eigenvalue weighted by Gasteiger charge is -2.10. The standard InChI is InChI=1S/C11H16IN3/c1-4-5-10-14-9(6-13)11(12)15(10)7-8(2)3/h8H,4-5,7H2,1-3H3. The molecule has 1 rings (SSSR count). The predicted molar refractivity (Wildman–Crippen MR) is 68.5 cm³/mol. The van der Waals surface area contributed by atoms with Crippen molar-refractivity contribution in [3.8, 4) is 6.07 Å². The first-order valence-corrected chi connectivity index (χ1v) is 6.33. The van der Waals surface area contributed by atoms with Gasteiger partial charge in [0.2, 0.25) is 0 Å². The summed E-state index contributed by atoms with van der Waals surface area (Å²) in [7, 11) is 0. The molecule has 0 aromatic carbocycles. The summed E-state index contributed by atoms with van der Waals surface area (Å²) < 4.78 is 3.15. The fraction of sp³-hybridized carbons (Fsp3) is 0.636. The number of rotatable bonds is 4. The highest BCUT2D eigenvalue weighted by atomic mass is 127. The third kappa shape index (κ3) is 2.94. The van der Waals surface area contributed by atoms with Crippen molar-refractivity contribution in [2.24, 2.45) is 5.92 Å². The van der Waals surface area contributed by atoms with Gasteiger partial charge in [0, 0.05) is 13.0 Å². The van der Waals surface area contributed by atoms with E-state index in [1.54, 1.807) is 0 Å². The smallest absolute Gasteiger partial charge is 0.172 e. The summed E-state index contributed by atoms with van der Waals surface area (Å²) in [6.45, 7) is 7.44. The van der Waals surface area contributed by atoms with Crippen LogP contribution in [0.25, 0.3) is 0 Å². The molecule has 0 N–H and O–H groups in total. The molecule has 0 aliphatic rings. The number of hydrogen-bond donors (Lipinski definition) is 0. The zero-order valence-electron chi connectivity index (χ0n) is 9.42. The molecule has 1 aromatic heterocycles. The second kappa shape index (κ2) is 5.50. The van der Waals surface area contributed by atoms with E-state index >= 15 is 0 Å². The fourth-order valence-electron chi connectivity index (χ4n) is 1.51. The van der Waals surface area contributed by atoms with E-state index in [4.69, 9.17) is 5.26 Å². The van der Waals surface area contributed by atoms with Crippen LogP contribution in [-0.2, 0) is 13.0 Å². The monoisotopic (exact) mass is 317 g/mol. The Balaban J connectivity index is 3.08. The summed E-state index contributed by atoms with van der Waals surface area (Å²) in [6.07, 6.45) is 2.01. The van der Waals surface area contributed by atoms with Gasteiger partial charge in [0.05, 0.1) is 0 Å². The molecule has 0 amide bonds. The van der Waals surface area contributed by atoms with Crippen molar-refractivity contribution < 1.29 is 0 Å². The van der Waals surface area contributed by atoms with Crippen molar-refractivity contribution in [1.29, 1.82) is 5.26 Å². The van der Waals surface area contributed by atoms with Crippen molar-refractivity contribution >= 4 is 22.6 Å². The van der Waals surface area contributed by atoms with Crippen LogP contribution in [0.1, 0.15) is 38.7 Å². The van der Waals surface area contributed by atoms with Crippen LogP contribution in [0.3, 0.4) is 0 Å². The first-order valence-electron chi connectivity index (χ1n) is 5.25. The van der Waals surface area contributed by atoms with E-state index in [2.05, 4.69) is 59.0 Å². The fourth-order valence-corrected chi connectivity index (χ4v) is 2.23. The third-order valence-corrected chi connectivity index (χ3v) is 3.21. The van der Waals surface area contributed by atoms with Gasteiger partial charge in [-0.05, 0) is 34.9 Å². The van der Waals surface area contributed by atoms with Gasteiger partial charge in [-0.1, -0.05) is 20.8 Å². The lowest BCUT2D eigenvalue weighted by Crippen LogP contribution is -2.10. The first-order chi connectivity index (χ1) is 7.10. The molecule has 0 aliphatic carbocycles. The number of aryl methyl sites for hydroxylation is 1. The van der Waals surface area contributed by atoms with E-state index in [0.717, 1.165) is 28.9 Å². The van der Waals surface area contributed by atoms with E-state index < -0.39 is 0 Å². The van der Waals surface area contributed by atoms with Gasteiger partial charge >= 0.3 is 0 Å². The zero-order chi connectivity index (χ0) is 11.4. The molecule has 0 saturated carbocycles. The summed E-state index contributed by atoms with van der Waals surface area (Å²) in [5.41, 5.74) is 0.569. The minimum Gasteiger partial charge on any atom is -0.322 e. The van der Waals surface area contributed by atoms with E-state index in [1.807, 2.05) is 0 Å². The van der Waals surface area contributed by atoms with Gasteiger partial charge in [-0.2, -0.15) is 5.26 Å². The Morgan fingerprint density at radius 2 is 2.20 bits per heavy atom. The maximum absolute atomic E-state index is 8.93. The summed E-state index contributed by atoms with van der Waals surface area (Å²) >= 11 is 2.21. The van der Waals surface area contributed by atoms with Gasteiger partial charge < -0.3 is 4.57 Å². The van der Waals surface area contributed by atoms with Crippen LogP contribution in [0.15, 0.2) is 0 Å². The van der Waals surface area contributed by atoms with E-state index in [9.17, 15) is 0 Å². The molecule has 82 valence electrons. The number of aromatic nitrogens is 2. The van der Waals surface area contributed by atoms with Crippen LogP contribution >= 0.6 is 22.6 Å². The maximum atomic E-state index is 8.93. The normalized spacial score (nSPS) is 10.7. The molecule has 15 heavy (non-hydrogen) atoms. The lowest BCUT2D eigenvalue weighted by molar-refractivity contribution is 0.498. The van der Waals surface area contributed by atoms with Crippen LogP contribution in [0.4, 0.5) is 0 Å². The van der Waals surface area contributed by atoms with Gasteiger partial charge in [-0.15, -0.1) is 0 Å². The Morgan fingerprint density at radius 1 is 1.53 bits per heavy atom. The maximum Gasteiger partial charge on any atom is 0.172 e. The minimum absolute atomic E-state index is 0.569. The topological polar surface area (TPSA) is 41.6 Å². The number of nitriles is 1. The molecule has 0 fully saturated rings. The molecule has 1 heterocycles. The average Bonchev–Trinajstić information content (AvgIpc) is 2.46. The first kappa shape index (κ1) is 12.5.